The molecule has 0 heterocycles. The summed E-state index contributed by atoms with van der Waals surface area (Å²) in [6, 6.07) is -0.275. The van der Waals surface area contributed by atoms with Crippen LogP contribution < -0.4 is 11.1 Å². The van der Waals surface area contributed by atoms with Crippen LogP contribution in [0.4, 0.5) is 0 Å². The maximum atomic E-state index is 12.1. The minimum Gasteiger partial charge on any atom is -0.481 e. The van der Waals surface area contributed by atoms with Gasteiger partial charge in [-0.2, -0.15) is 0 Å². The Kier molecular flexibility index (Phi) is 6.28. The third kappa shape index (κ3) is 5.19. The molecule has 19 heavy (non-hydrogen) atoms. The first-order valence-electron chi connectivity index (χ1n) is 7.22. The van der Waals surface area contributed by atoms with Gasteiger partial charge in [-0.3, -0.25) is 9.59 Å². The Labute approximate surface area is 114 Å². The van der Waals surface area contributed by atoms with Gasteiger partial charge in [0, 0.05) is 12.5 Å². The molecular weight excluding hydrogens is 244 g/mol. The predicted molar refractivity (Wildman–Crippen MR) is 73.7 cm³/mol. The van der Waals surface area contributed by atoms with Crippen molar-refractivity contribution in [2.75, 3.05) is 6.54 Å². The quantitative estimate of drug-likeness (QED) is 0.656. The molecule has 1 aliphatic rings. The van der Waals surface area contributed by atoms with Crippen LogP contribution in [0.15, 0.2) is 0 Å². The number of aliphatic carboxylic acids is 1. The third-order valence-corrected chi connectivity index (χ3v) is 4.16. The predicted octanol–water partition coefficient (Wildman–Crippen LogP) is 1.66. The summed E-state index contributed by atoms with van der Waals surface area (Å²) in [4.78, 5) is 22.8. The molecule has 1 atom stereocenters. The maximum absolute atomic E-state index is 12.1. The molecule has 0 aromatic heterocycles. The summed E-state index contributed by atoms with van der Waals surface area (Å²) >= 11 is 0. The Balaban J connectivity index is 2.50. The first-order valence-corrected chi connectivity index (χ1v) is 7.22. The van der Waals surface area contributed by atoms with E-state index in [2.05, 4.69) is 5.32 Å². The second-order valence-electron chi connectivity index (χ2n) is 5.71. The second-order valence-corrected chi connectivity index (χ2v) is 5.71. The van der Waals surface area contributed by atoms with E-state index in [4.69, 9.17) is 10.8 Å². The topological polar surface area (TPSA) is 92.4 Å². The summed E-state index contributed by atoms with van der Waals surface area (Å²) in [7, 11) is 0. The first kappa shape index (κ1) is 16.0. The number of nitrogens with one attached hydrogen (secondary N) is 1. The van der Waals surface area contributed by atoms with Crippen LogP contribution >= 0.6 is 0 Å². The molecule has 1 rings (SSSR count). The van der Waals surface area contributed by atoms with Crippen LogP contribution in [-0.2, 0) is 9.59 Å². The minimum absolute atomic E-state index is 0.0160. The number of rotatable bonds is 7. The summed E-state index contributed by atoms with van der Waals surface area (Å²) in [6.45, 7) is 2.42. The second kappa shape index (κ2) is 7.48. The fourth-order valence-corrected chi connectivity index (χ4v) is 2.88. The molecule has 1 aliphatic carbocycles. The molecule has 5 nitrogen and oxygen atoms in total. The number of hydrogen-bond donors (Lipinski definition) is 3. The lowest BCUT2D eigenvalue weighted by atomic mass is 9.71. The Morgan fingerprint density at radius 1 is 1.32 bits per heavy atom. The fraction of sp³-hybridized carbons (Fsp3) is 0.857. The average Bonchev–Trinajstić information content (AvgIpc) is 2.38. The van der Waals surface area contributed by atoms with Crippen molar-refractivity contribution in [1.29, 1.82) is 0 Å². The van der Waals surface area contributed by atoms with Crippen molar-refractivity contribution in [1.82, 2.24) is 5.32 Å². The first-order chi connectivity index (χ1) is 9.01. The third-order valence-electron chi connectivity index (χ3n) is 4.16. The molecule has 0 bridgehead atoms. The molecule has 5 heteroatoms. The van der Waals surface area contributed by atoms with Crippen LogP contribution in [0.3, 0.4) is 0 Å². The molecule has 0 spiro atoms. The van der Waals surface area contributed by atoms with Gasteiger partial charge in [0.05, 0.1) is 6.42 Å². The Bertz CT molecular complexity index is 312. The van der Waals surface area contributed by atoms with Crippen molar-refractivity contribution in [3.63, 3.8) is 0 Å². The molecule has 1 unspecified atom stereocenters. The average molecular weight is 270 g/mol. The van der Waals surface area contributed by atoms with Crippen molar-refractivity contribution in [2.24, 2.45) is 11.1 Å². The molecule has 1 amide bonds. The van der Waals surface area contributed by atoms with Gasteiger partial charge in [0.15, 0.2) is 0 Å². The van der Waals surface area contributed by atoms with Gasteiger partial charge in [-0.05, 0) is 31.2 Å². The highest BCUT2D eigenvalue weighted by molar-refractivity contribution is 5.78. The normalized spacial score (nSPS) is 19.7. The Morgan fingerprint density at radius 3 is 2.42 bits per heavy atom. The summed E-state index contributed by atoms with van der Waals surface area (Å²) in [5.74, 6) is -0.932. The van der Waals surface area contributed by atoms with E-state index in [1.807, 2.05) is 6.92 Å². The van der Waals surface area contributed by atoms with Gasteiger partial charge in [0.1, 0.15) is 0 Å². The van der Waals surface area contributed by atoms with Crippen LogP contribution in [0.1, 0.15) is 58.3 Å². The largest absolute Gasteiger partial charge is 0.481 e. The molecule has 1 fully saturated rings. The highest BCUT2D eigenvalue weighted by atomic mass is 16.4. The van der Waals surface area contributed by atoms with E-state index in [0.717, 1.165) is 25.7 Å². The molecule has 0 radical (unpaired) electrons. The number of nitrogens with two attached hydrogens (primary N) is 1. The van der Waals surface area contributed by atoms with Crippen LogP contribution in [0.2, 0.25) is 0 Å². The smallest absolute Gasteiger partial charge is 0.305 e. The SMILES string of the molecule is CCC(CC(=O)O)NC(=O)CC1(CN)CCCCC1. The summed E-state index contributed by atoms with van der Waals surface area (Å²) in [5, 5.41) is 11.6. The Morgan fingerprint density at radius 2 is 1.95 bits per heavy atom. The number of carboxylic acids is 1. The highest BCUT2D eigenvalue weighted by Gasteiger charge is 2.33. The lowest BCUT2D eigenvalue weighted by Gasteiger charge is -2.36. The van der Waals surface area contributed by atoms with Gasteiger partial charge in [0.25, 0.3) is 0 Å². The summed E-state index contributed by atoms with van der Waals surface area (Å²) in [5.41, 5.74) is 5.79. The zero-order valence-corrected chi connectivity index (χ0v) is 11.8. The van der Waals surface area contributed by atoms with Crippen LogP contribution in [0.5, 0.6) is 0 Å². The monoisotopic (exact) mass is 270 g/mol. The van der Waals surface area contributed by atoms with Crippen molar-refractivity contribution in [3.05, 3.63) is 0 Å². The molecule has 0 saturated heterocycles. The van der Waals surface area contributed by atoms with E-state index in [0.29, 0.717) is 19.4 Å². The van der Waals surface area contributed by atoms with Gasteiger partial charge < -0.3 is 16.2 Å². The number of carbonyl (C=O) groups is 2. The van der Waals surface area contributed by atoms with Crippen molar-refractivity contribution < 1.29 is 14.7 Å². The Hall–Kier alpha value is -1.10. The lowest BCUT2D eigenvalue weighted by Crippen LogP contribution is -2.42. The molecule has 1 saturated carbocycles. The molecule has 0 aliphatic heterocycles. The number of carboxylic acid groups (broad SMARTS) is 1. The van der Waals surface area contributed by atoms with Crippen molar-refractivity contribution >= 4 is 11.9 Å². The van der Waals surface area contributed by atoms with E-state index in [1.54, 1.807) is 0 Å². The zero-order chi connectivity index (χ0) is 14.3. The molecule has 0 aromatic carbocycles. The van der Waals surface area contributed by atoms with Gasteiger partial charge in [0.2, 0.25) is 5.91 Å². The van der Waals surface area contributed by atoms with E-state index in [9.17, 15) is 9.59 Å². The van der Waals surface area contributed by atoms with Crippen LogP contribution in [0.25, 0.3) is 0 Å². The van der Waals surface area contributed by atoms with Crippen molar-refractivity contribution in [2.45, 2.75) is 64.3 Å². The standard InChI is InChI=1S/C14H26N2O3/c1-2-11(8-13(18)19)16-12(17)9-14(10-15)6-4-3-5-7-14/h11H,2-10,15H2,1H3,(H,16,17)(H,18,19). The zero-order valence-electron chi connectivity index (χ0n) is 11.8. The summed E-state index contributed by atoms with van der Waals surface area (Å²) < 4.78 is 0. The van der Waals surface area contributed by atoms with Crippen molar-refractivity contribution in [3.8, 4) is 0 Å². The lowest BCUT2D eigenvalue weighted by molar-refractivity contribution is -0.137. The molecular formula is C14H26N2O3. The minimum atomic E-state index is -0.877. The molecule has 4 N–H and O–H groups in total. The number of amides is 1. The molecule has 110 valence electrons. The number of carbonyl (C=O) groups excluding carboxylic acids is 1. The van der Waals surface area contributed by atoms with Gasteiger partial charge in [-0.25, -0.2) is 0 Å². The van der Waals surface area contributed by atoms with E-state index >= 15 is 0 Å². The fourth-order valence-electron chi connectivity index (χ4n) is 2.88. The van der Waals surface area contributed by atoms with Gasteiger partial charge >= 0.3 is 5.97 Å². The van der Waals surface area contributed by atoms with Crippen LogP contribution in [-0.4, -0.2) is 29.6 Å². The maximum Gasteiger partial charge on any atom is 0.305 e. The highest BCUT2D eigenvalue weighted by Crippen LogP contribution is 2.38. The van der Waals surface area contributed by atoms with E-state index in [1.165, 1.54) is 6.42 Å². The van der Waals surface area contributed by atoms with Gasteiger partial charge in [-0.1, -0.05) is 26.2 Å². The van der Waals surface area contributed by atoms with Crippen LogP contribution in [0, 0.1) is 5.41 Å². The number of hydrogen-bond acceptors (Lipinski definition) is 3. The van der Waals surface area contributed by atoms with E-state index < -0.39 is 5.97 Å². The van der Waals surface area contributed by atoms with E-state index in [-0.39, 0.29) is 23.8 Å². The van der Waals surface area contributed by atoms with Gasteiger partial charge in [-0.15, -0.1) is 0 Å². The summed E-state index contributed by atoms with van der Waals surface area (Å²) in [6.07, 6.45) is 6.55. The molecule has 0 aromatic rings.